The molecular weight excluding hydrogens is 266 g/mol. The van der Waals surface area contributed by atoms with E-state index in [4.69, 9.17) is 4.74 Å². The van der Waals surface area contributed by atoms with E-state index >= 15 is 0 Å². The molecule has 0 amide bonds. The zero-order valence-corrected chi connectivity index (χ0v) is 13.0. The summed E-state index contributed by atoms with van der Waals surface area (Å²) in [4.78, 5) is 11.8. The van der Waals surface area contributed by atoms with Crippen molar-refractivity contribution in [1.82, 2.24) is 5.32 Å². The number of hydrogen-bond acceptors (Lipinski definition) is 3. The Morgan fingerprint density at radius 2 is 1.90 bits per heavy atom. The molecule has 3 fully saturated rings. The molecule has 4 nitrogen and oxygen atoms in total. The fourth-order valence-corrected chi connectivity index (χ4v) is 4.25. The van der Waals surface area contributed by atoms with Crippen molar-refractivity contribution in [3.05, 3.63) is 0 Å². The predicted octanol–water partition coefficient (Wildman–Crippen LogP) is 2.96. The Balaban J connectivity index is 1.46. The van der Waals surface area contributed by atoms with Crippen LogP contribution in [0.5, 0.6) is 0 Å². The predicted molar refractivity (Wildman–Crippen MR) is 81.3 cm³/mol. The lowest BCUT2D eigenvalue weighted by Crippen LogP contribution is -2.55. The molecule has 0 radical (unpaired) electrons. The zero-order chi connectivity index (χ0) is 14.7. The standard InChI is InChI=1S/C17H29NO3/c19-16(20)17(18-15-7-8-15)10-3-6-14(17)9-11-21-12-13-4-1-2-5-13/h13-15,18H,1-12H2,(H,19,20). The Morgan fingerprint density at radius 1 is 1.14 bits per heavy atom. The molecule has 0 aromatic rings. The highest BCUT2D eigenvalue weighted by atomic mass is 16.5. The van der Waals surface area contributed by atoms with Crippen molar-refractivity contribution in [3.8, 4) is 0 Å². The van der Waals surface area contributed by atoms with Crippen molar-refractivity contribution in [2.45, 2.75) is 75.8 Å². The smallest absolute Gasteiger partial charge is 0.324 e. The third kappa shape index (κ3) is 3.59. The summed E-state index contributed by atoms with van der Waals surface area (Å²) >= 11 is 0. The van der Waals surface area contributed by atoms with Crippen molar-refractivity contribution < 1.29 is 14.6 Å². The maximum Gasteiger partial charge on any atom is 0.324 e. The van der Waals surface area contributed by atoms with Gasteiger partial charge in [-0.05, 0) is 56.8 Å². The zero-order valence-electron chi connectivity index (χ0n) is 13.0. The highest BCUT2D eigenvalue weighted by molar-refractivity contribution is 5.80. The molecule has 2 N–H and O–H groups in total. The lowest BCUT2D eigenvalue weighted by molar-refractivity contribution is -0.147. The van der Waals surface area contributed by atoms with E-state index in [1.54, 1.807) is 0 Å². The summed E-state index contributed by atoms with van der Waals surface area (Å²) in [5, 5.41) is 13.2. The minimum atomic E-state index is -0.669. The molecule has 0 saturated heterocycles. The first-order valence-electron chi connectivity index (χ1n) is 8.79. The minimum absolute atomic E-state index is 0.235. The molecule has 0 aromatic heterocycles. The molecule has 3 rings (SSSR count). The van der Waals surface area contributed by atoms with Crippen LogP contribution in [0.4, 0.5) is 0 Å². The number of carboxylic acids is 1. The maximum atomic E-state index is 11.8. The molecule has 0 aromatic carbocycles. The number of ether oxygens (including phenoxy) is 1. The van der Waals surface area contributed by atoms with E-state index in [9.17, 15) is 9.90 Å². The number of rotatable bonds is 8. The molecule has 0 bridgehead atoms. The van der Waals surface area contributed by atoms with Crippen LogP contribution in [0.15, 0.2) is 0 Å². The van der Waals surface area contributed by atoms with Gasteiger partial charge in [-0.3, -0.25) is 10.1 Å². The van der Waals surface area contributed by atoms with Gasteiger partial charge in [-0.2, -0.15) is 0 Å². The van der Waals surface area contributed by atoms with E-state index in [0.29, 0.717) is 6.04 Å². The molecule has 3 saturated carbocycles. The van der Waals surface area contributed by atoms with Gasteiger partial charge in [0.1, 0.15) is 5.54 Å². The number of hydrogen-bond donors (Lipinski definition) is 2. The molecule has 120 valence electrons. The molecule has 0 heterocycles. The Hall–Kier alpha value is -0.610. The largest absolute Gasteiger partial charge is 0.480 e. The lowest BCUT2D eigenvalue weighted by Gasteiger charge is -2.33. The minimum Gasteiger partial charge on any atom is -0.480 e. The average Bonchev–Trinajstić information content (AvgIpc) is 2.97. The molecule has 3 aliphatic rings. The average molecular weight is 295 g/mol. The molecule has 4 heteroatoms. The van der Waals surface area contributed by atoms with E-state index < -0.39 is 11.5 Å². The summed E-state index contributed by atoms with van der Waals surface area (Å²) in [5.74, 6) is 0.342. The molecule has 2 unspecified atom stereocenters. The summed E-state index contributed by atoms with van der Waals surface area (Å²) in [7, 11) is 0. The van der Waals surface area contributed by atoms with Crippen LogP contribution in [0, 0.1) is 11.8 Å². The molecule has 0 aliphatic heterocycles. The Labute approximate surface area is 127 Å². The monoisotopic (exact) mass is 295 g/mol. The Morgan fingerprint density at radius 3 is 2.57 bits per heavy atom. The van der Waals surface area contributed by atoms with E-state index in [1.165, 1.54) is 25.7 Å². The summed E-state index contributed by atoms with van der Waals surface area (Å²) in [6, 6.07) is 0.445. The van der Waals surface area contributed by atoms with Crippen LogP contribution in [0.2, 0.25) is 0 Å². The lowest BCUT2D eigenvalue weighted by atomic mass is 9.84. The quantitative estimate of drug-likeness (QED) is 0.676. The second-order valence-electron chi connectivity index (χ2n) is 7.30. The molecule has 21 heavy (non-hydrogen) atoms. The van der Waals surface area contributed by atoms with Crippen LogP contribution in [0.25, 0.3) is 0 Å². The van der Waals surface area contributed by atoms with Crippen LogP contribution in [-0.4, -0.2) is 35.9 Å². The van der Waals surface area contributed by atoms with Gasteiger partial charge >= 0.3 is 5.97 Å². The Kier molecular flexibility index (Phi) is 4.85. The molecule has 3 aliphatic carbocycles. The molecular formula is C17H29NO3. The topological polar surface area (TPSA) is 58.6 Å². The van der Waals surface area contributed by atoms with Gasteiger partial charge in [-0.1, -0.05) is 19.3 Å². The first-order valence-corrected chi connectivity index (χ1v) is 8.79. The third-order valence-electron chi connectivity index (χ3n) is 5.68. The number of carboxylic acid groups (broad SMARTS) is 1. The summed E-state index contributed by atoms with van der Waals surface area (Å²) in [6.07, 6.45) is 11.3. The Bertz CT molecular complexity index is 363. The van der Waals surface area contributed by atoms with Crippen molar-refractivity contribution in [1.29, 1.82) is 0 Å². The highest BCUT2D eigenvalue weighted by Crippen LogP contribution is 2.40. The van der Waals surface area contributed by atoms with E-state index in [0.717, 1.165) is 57.7 Å². The maximum absolute atomic E-state index is 11.8. The number of carbonyl (C=O) groups is 1. The van der Waals surface area contributed by atoms with Crippen molar-refractivity contribution in [2.75, 3.05) is 13.2 Å². The van der Waals surface area contributed by atoms with Gasteiger partial charge in [0.05, 0.1) is 0 Å². The fraction of sp³-hybridized carbons (Fsp3) is 0.941. The first kappa shape index (κ1) is 15.3. The second-order valence-corrected chi connectivity index (χ2v) is 7.30. The molecule has 2 atom stereocenters. The van der Waals surface area contributed by atoms with Gasteiger partial charge in [-0.25, -0.2) is 0 Å². The van der Waals surface area contributed by atoms with Crippen LogP contribution in [-0.2, 0) is 9.53 Å². The molecule has 0 spiro atoms. The van der Waals surface area contributed by atoms with E-state index in [2.05, 4.69) is 5.32 Å². The van der Waals surface area contributed by atoms with Gasteiger partial charge in [0, 0.05) is 19.3 Å². The summed E-state index contributed by atoms with van der Waals surface area (Å²) < 4.78 is 5.85. The summed E-state index contributed by atoms with van der Waals surface area (Å²) in [5.41, 5.74) is -0.669. The van der Waals surface area contributed by atoms with Gasteiger partial charge < -0.3 is 9.84 Å². The third-order valence-corrected chi connectivity index (χ3v) is 5.68. The van der Waals surface area contributed by atoms with Gasteiger partial charge in [0.2, 0.25) is 0 Å². The second kappa shape index (κ2) is 6.66. The van der Waals surface area contributed by atoms with Crippen LogP contribution in [0.1, 0.15) is 64.2 Å². The highest BCUT2D eigenvalue weighted by Gasteiger charge is 2.51. The van der Waals surface area contributed by atoms with Gasteiger partial charge in [-0.15, -0.1) is 0 Å². The number of nitrogens with one attached hydrogen (secondary N) is 1. The van der Waals surface area contributed by atoms with Gasteiger partial charge in [0.25, 0.3) is 0 Å². The number of aliphatic carboxylic acids is 1. The normalized spacial score (nSPS) is 33.6. The van der Waals surface area contributed by atoms with Crippen LogP contribution >= 0.6 is 0 Å². The van der Waals surface area contributed by atoms with Crippen molar-refractivity contribution in [3.63, 3.8) is 0 Å². The van der Waals surface area contributed by atoms with Crippen molar-refractivity contribution in [2.24, 2.45) is 11.8 Å². The van der Waals surface area contributed by atoms with Crippen LogP contribution < -0.4 is 5.32 Å². The van der Waals surface area contributed by atoms with Crippen molar-refractivity contribution >= 4 is 5.97 Å². The summed E-state index contributed by atoms with van der Waals surface area (Å²) in [6.45, 7) is 1.60. The van der Waals surface area contributed by atoms with Crippen LogP contribution in [0.3, 0.4) is 0 Å². The van der Waals surface area contributed by atoms with E-state index in [1.807, 2.05) is 0 Å². The van der Waals surface area contributed by atoms with Gasteiger partial charge in [0.15, 0.2) is 0 Å². The first-order chi connectivity index (χ1) is 10.2. The van der Waals surface area contributed by atoms with E-state index in [-0.39, 0.29) is 5.92 Å². The fourth-order valence-electron chi connectivity index (χ4n) is 4.25. The SMILES string of the molecule is O=C(O)C1(NC2CC2)CCCC1CCOCC1CCCC1.